The molecule has 26 heavy (non-hydrogen) atoms. The lowest BCUT2D eigenvalue weighted by molar-refractivity contribution is -0.138. The number of nitrogens with zero attached hydrogens (tertiary/aromatic N) is 2. The number of rotatable bonds is 4. The van der Waals surface area contributed by atoms with Crippen molar-refractivity contribution in [3.05, 3.63) is 51.1 Å². The van der Waals surface area contributed by atoms with Gasteiger partial charge in [-0.25, -0.2) is 4.98 Å². The molecular formula is C20H20N2O3S. The number of thiophene rings is 1. The minimum absolute atomic E-state index is 0.117. The van der Waals surface area contributed by atoms with Crippen LogP contribution >= 0.6 is 11.3 Å². The molecule has 2 aromatic heterocycles. The van der Waals surface area contributed by atoms with Gasteiger partial charge in [-0.2, -0.15) is 0 Å². The van der Waals surface area contributed by atoms with Crippen LogP contribution in [0.5, 0.6) is 0 Å². The highest BCUT2D eigenvalue weighted by molar-refractivity contribution is 7.18. The highest BCUT2D eigenvalue weighted by Crippen LogP contribution is 2.42. The van der Waals surface area contributed by atoms with E-state index in [0.29, 0.717) is 41.0 Å². The van der Waals surface area contributed by atoms with Gasteiger partial charge in [0.1, 0.15) is 10.7 Å². The minimum atomic E-state index is -0.856. The normalized spacial score (nSPS) is 16.3. The summed E-state index contributed by atoms with van der Waals surface area (Å²) in [6.07, 6.45) is 1.27. The van der Waals surface area contributed by atoms with Crippen LogP contribution in [0.1, 0.15) is 36.6 Å². The highest BCUT2D eigenvalue weighted by atomic mass is 32.1. The Morgan fingerprint density at radius 2 is 2.08 bits per heavy atom. The molecule has 3 aromatic rings. The Balaban J connectivity index is 2.03. The number of carboxylic acid groups (broad SMARTS) is 1. The largest absolute Gasteiger partial charge is 0.481 e. The molecule has 0 bridgehead atoms. The number of aryl methyl sites for hydroxylation is 1. The summed E-state index contributed by atoms with van der Waals surface area (Å²) in [5, 5.41) is 10.1. The molecule has 0 spiro atoms. The Hall–Kier alpha value is -2.47. The van der Waals surface area contributed by atoms with Crippen LogP contribution in [-0.2, 0) is 17.8 Å². The van der Waals surface area contributed by atoms with E-state index in [-0.39, 0.29) is 11.5 Å². The van der Waals surface area contributed by atoms with Crippen LogP contribution in [0.25, 0.3) is 21.6 Å². The van der Waals surface area contributed by atoms with Crippen LogP contribution in [0.4, 0.5) is 0 Å². The van der Waals surface area contributed by atoms with Crippen LogP contribution in [0.3, 0.4) is 0 Å². The van der Waals surface area contributed by atoms with E-state index in [1.807, 2.05) is 30.3 Å². The lowest BCUT2D eigenvalue weighted by Gasteiger charge is -2.15. The second kappa shape index (κ2) is 6.36. The van der Waals surface area contributed by atoms with Gasteiger partial charge in [-0.05, 0) is 24.3 Å². The summed E-state index contributed by atoms with van der Waals surface area (Å²) >= 11 is 1.47. The average Bonchev–Trinajstić information content (AvgIpc) is 3.16. The molecular weight excluding hydrogens is 348 g/mol. The van der Waals surface area contributed by atoms with Crippen molar-refractivity contribution >= 4 is 27.5 Å². The van der Waals surface area contributed by atoms with Gasteiger partial charge in [-0.1, -0.05) is 44.2 Å². The topological polar surface area (TPSA) is 72.2 Å². The van der Waals surface area contributed by atoms with Crippen molar-refractivity contribution in [2.24, 2.45) is 5.92 Å². The molecule has 1 aromatic carbocycles. The molecule has 4 rings (SSSR count). The van der Waals surface area contributed by atoms with Crippen molar-refractivity contribution < 1.29 is 9.90 Å². The average molecular weight is 368 g/mol. The highest BCUT2D eigenvalue weighted by Gasteiger charge is 2.34. The van der Waals surface area contributed by atoms with Crippen LogP contribution in [0.2, 0.25) is 0 Å². The maximum atomic E-state index is 13.4. The zero-order chi connectivity index (χ0) is 18.4. The molecule has 1 atom stereocenters. The van der Waals surface area contributed by atoms with Gasteiger partial charge in [0.2, 0.25) is 0 Å². The Labute approximate surface area is 154 Å². The third-order valence-corrected chi connectivity index (χ3v) is 5.97. The first-order chi connectivity index (χ1) is 12.5. The Bertz CT molecular complexity index is 1050. The van der Waals surface area contributed by atoms with Gasteiger partial charge in [0.05, 0.1) is 11.3 Å². The fourth-order valence-corrected chi connectivity index (χ4v) is 4.95. The van der Waals surface area contributed by atoms with E-state index in [4.69, 9.17) is 4.98 Å². The first kappa shape index (κ1) is 17.0. The molecule has 1 unspecified atom stereocenters. The molecule has 5 nitrogen and oxygen atoms in total. The number of carbonyl (C=O) groups is 1. The minimum Gasteiger partial charge on any atom is -0.481 e. The van der Waals surface area contributed by atoms with Crippen molar-refractivity contribution in [3.63, 3.8) is 0 Å². The number of hydrogen-bond donors (Lipinski definition) is 1. The first-order valence-electron chi connectivity index (χ1n) is 8.81. The van der Waals surface area contributed by atoms with Crippen LogP contribution in [-0.4, -0.2) is 20.6 Å². The van der Waals surface area contributed by atoms with E-state index < -0.39 is 11.9 Å². The molecule has 1 aliphatic rings. The second-order valence-electron chi connectivity index (χ2n) is 7.16. The third kappa shape index (κ3) is 2.65. The van der Waals surface area contributed by atoms with Gasteiger partial charge in [0.25, 0.3) is 5.56 Å². The van der Waals surface area contributed by atoms with Crippen molar-refractivity contribution in [2.45, 2.75) is 39.2 Å². The summed E-state index contributed by atoms with van der Waals surface area (Å²) in [5.74, 6) is -0.520. The number of hydrogen-bond acceptors (Lipinski definition) is 4. The number of carboxylic acids is 1. The zero-order valence-corrected chi connectivity index (χ0v) is 15.5. The smallest absolute Gasteiger partial charge is 0.311 e. The van der Waals surface area contributed by atoms with Crippen LogP contribution < -0.4 is 5.56 Å². The second-order valence-corrected chi connectivity index (χ2v) is 8.24. The van der Waals surface area contributed by atoms with Gasteiger partial charge in [-0.3, -0.25) is 14.2 Å². The zero-order valence-electron chi connectivity index (χ0n) is 14.7. The summed E-state index contributed by atoms with van der Waals surface area (Å²) in [5.41, 5.74) is 1.48. The predicted molar refractivity (Wildman–Crippen MR) is 103 cm³/mol. The summed E-state index contributed by atoms with van der Waals surface area (Å²) in [4.78, 5) is 31.5. The van der Waals surface area contributed by atoms with E-state index in [1.54, 1.807) is 4.57 Å². The molecule has 0 radical (unpaired) electrons. The Morgan fingerprint density at radius 3 is 2.73 bits per heavy atom. The fourth-order valence-electron chi connectivity index (χ4n) is 3.71. The number of benzene rings is 1. The van der Waals surface area contributed by atoms with E-state index in [1.165, 1.54) is 11.3 Å². The van der Waals surface area contributed by atoms with Crippen molar-refractivity contribution in [1.82, 2.24) is 9.55 Å². The monoisotopic (exact) mass is 368 g/mol. The fraction of sp³-hybridized carbons (Fsp3) is 0.350. The SMILES string of the molecule is CC(C)Cn1c(-c2ccccc2)nc2sc3c(c2c1=O)C(C(=O)O)CC3. The number of fused-ring (bicyclic) bond motifs is 3. The van der Waals surface area contributed by atoms with Crippen molar-refractivity contribution in [3.8, 4) is 11.4 Å². The first-order valence-corrected chi connectivity index (χ1v) is 9.63. The van der Waals surface area contributed by atoms with E-state index in [2.05, 4.69) is 13.8 Å². The van der Waals surface area contributed by atoms with Crippen molar-refractivity contribution in [2.75, 3.05) is 0 Å². The summed E-state index contributed by atoms with van der Waals surface area (Å²) < 4.78 is 1.71. The lowest BCUT2D eigenvalue weighted by Crippen LogP contribution is -2.26. The van der Waals surface area contributed by atoms with Crippen LogP contribution in [0.15, 0.2) is 35.1 Å². The van der Waals surface area contributed by atoms with Gasteiger partial charge < -0.3 is 5.11 Å². The summed E-state index contributed by atoms with van der Waals surface area (Å²) in [7, 11) is 0. The maximum Gasteiger partial charge on any atom is 0.311 e. The number of aliphatic carboxylic acids is 1. The van der Waals surface area contributed by atoms with Gasteiger partial charge >= 0.3 is 5.97 Å². The van der Waals surface area contributed by atoms with Gasteiger partial charge in [0, 0.05) is 17.0 Å². The maximum absolute atomic E-state index is 13.4. The van der Waals surface area contributed by atoms with E-state index in [9.17, 15) is 14.7 Å². The Kier molecular flexibility index (Phi) is 4.15. The molecule has 1 aliphatic carbocycles. The predicted octanol–water partition coefficient (Wildman–Crippen LogP) is 3.90. The summed E-state index contributed by atoms with van der Waals surface area (Å²) in [6, 6.07) is 9.70. The number of aromatic nitrogens is 2. The molecule has 0 saturated carbocycles. The molecule has 0 saturated heterocycles. The molecule has 2 heterocycles. The quantitative estimate of drug-likeness (QED) is 0.758. The van der Waals surface area contributed by atoms with Crippen molar-refractivity contribution in [1.29, 1.82) is 0 Å². The lowest BCUT2D eigenvalue weighted by atomic mass is 10.0. The Morgan fingerprint density at radius 1 is 1.35 bits per heavy atom. The molecule has 6 heteroatoms. The molecule has 0 aliphatic heterocycles. The van der Waals surface area contributed by atoms with Crippen LogP contribution in [0, 0.1) is 5.92 Å². The molecule has 134 valence electrons. The van der Waals surface area contributed by atoms with E-state index in [0.717, 1.165) is 10.4 Å². The molecule has 1 N–H and O–H groups in total. The third-order valence-electron chi connectivity index (χ3n) is 4.81. The summed E-state index contributed by atoms with van der Waals surface area (Å²) in [6.45, 7) is 4.67. The van der Waals surface area contributed by atoms with Gasteiger partial charge in [-0.15, -0.1) is 11.3 Å². The van der Waals surface area contributed by atoms with E-state index >= 15 is 0 Å². The van der Waals surface area contributed by atoms with Gasteiger partial charge in [0.15, 0.2) is 0 Å². The standard InChI is InChI=1S/C20H20N2O3S/c1-11(2)10-22-17(12-6-4-3-5-7-12)21-18-16(19(22)23)15-13(20(24)25)8-9-14(15)26-18/h3-7,11,13H,8-10H2,1-2H3,(H,24,25). The molecule has 0 amide bonds. The molecule has 0 fully saturated rings.